The molecule has 24 heavy (non-hydrogen) atoms. The number of nitrogens with zero attached hydrogens (tertiary/aromatic N) is 2. The Bertz CT molecular complexity index is 918. The number of hydrogen-bond acceptors (Lipinski definition) is 2. The van der Waals surface area contributed by atoms with E-state index in [0.717, 1.165) is 23.3 Å². The van der Waals surface area contributed by atoms with Crippen molar-refractivity contribution >= 4 is 11.7 Å². The maximum atomic E-state index is 13.7. The molecule has 2 aromatic carbocycles. The van der Waals surface area contributed by atoms with Gasteiger partial charge in [0.25, 0.3) is 5.91 Å². The summed E-state index contributed by atoms with van der Waals surface area (Å²) in [4.78, 5) is 12.2. The Morgan fingerprint density at radius 1 is 1.12 bits per heavy atom. The highest BCUT2D eigenvalue weighted by Crippen LogP contribution is 2.24. The molecule has 0 fully saturated rings. The van der Waals surface area contributed by atoms with E-state index in [1.807, 2.05) is 31.2 Å². The molecule has 1 amide bonds. The van der Waals surface area contributed by atoms with E-state index in [-0.39, 0.29) is 5.56 Å². The molecule has 0 aliphatic carbocycles. The van der Waals surface area contributed by atoms with E-state index < -0.39 is 17.5 Å². The minimum absolute atomic E-state index is 0.227. The van der Waals surface area contributed by atoms with Crippen LogP contribution in [0.15, 0.2) is 48.5 Å². The predicted octanol–water partition coefficient (Wildman–Crippen LogP) is 3.93. The lowest BCUT2D eigenvalue weighted by molar-refractivity contribution is 0.102. The zero-order valence-electron chi connectivity index (χ0n) is 13.2. The van der Waals surface area contributed by atoms with E-state index in [4.69, 9.17) is 0 Å². The molecule has 0 unspecified atom stereocenters. The van der Waals surface area contributed by atoms with Crippen LogP contribution in [0.5, 0.6) is 0 Å². The van der Waals surface area contributed by atoms with Gasteiger partial charge in [0.2, 0.25) is 0 Å². The van der Waals surface area contributed by atoms with Crippen LogP contribution in [0.3, 0.4) is 0 Å². The Morgan fingerprint density at radius 3 is 2.58 bits per heavy atom. The first kappa shape index (κ1) is 15.9. The Kier molecular flexibility index (Phi) is 4.12. The van der Waals surface area contributed by atoms with Gasteiger partial charge in [0.15, 0.2) is 0 Å². The quantitative estimate of drug-likeness (QED) is 0.792. The zero-order chi connectivity index (χ0) is 17.3. The van der Waals surface area contributed by atoms with Gasteiger partial charge in [-0.2, -0.15) is 5.10 Å². The molecule has 1 aromatic heterocycles. The van der Waals surface area contributed by atoms with Gasteiger partial charge >= 0.3 is 0 Å². The maximum Gasteiger partial charge on any atom is 0.259 e. The minimum Gasteiger partial charge on any atom is -0.307 e. The summed E-state index contributed by atoms with van der Waals surface area (Å²) in [6, 6.07) is 12.3. The van der Waals surface area contributed by atoms with Gasteiger partial charge in [-0.1, -0.05) is 24.3 Å². The number of amides is 1. The summed E-state index contributed by atoms with van der Waals surface area (Å²) >= 11 is 0. The van der Waals surface area contributed by atoms with Crippen LogP contribution in [-0.2, 0) is 7.05 Å². The van der Waals surface area contributed by atoms with Crippen molar-refractivity contribution in [3.8, 4) is 11.3 Å². The van der Waals surface area contributed by atoms with Gasteiger partial charge in [0, 0.05) is 24.7 Å². The van der Waals surface area contributed by atoms with Crippen LogP contribution in [0, 0.1) is 18.6 Å². The molecule has 3 aromatic rings. The number of nitrogens with one attached hydrogen (secondary N) is 1. The first-order valence-corrected chi connectivity index (χ1v) is 7.32. The summed E-state index contributed by atoms with van der Waals surface area (Å²) < 4.78 is 28.2. The van der Waals surface area contributed by atoms with Crippen molar-refractivity contribution in [2.45, 2.75) is 6.92 Å². The van der Waals surface area contributed by atoms with Crippen molar-refractivity contribution in [2.24, 2.45) is 7.05 Å². The Labute approximate surface area is 137 Å². The molecule has 3 rings (SSSR count). The van der Waals surface area contributed by atoms with Gasteiger partial charge in [0.05, 0.1) is 11.3 Å². The molecule has 0 radical (unpaired) electrons. The number of benzene rings is 2. The third-order valence-electron chi connectivity index (χ3n) is 3.72. The highest BCUT2D eigenvalue weighted by atomic mass is 19.1. The lowest BCUT2D eigenvalue weighted by Crippen LogP contribution is -2.16. The number of halogens is 2. The number of carbonyl (C=O) groups excluding carboxylic acids is 1. The monoisotopic (exact) mass is 327 g/mol. The first-order chi connectivity index (χ1) is 11.5. The highest BCUT2D eigenvalue weighted by molar-refractivity contribution is 6.04. The predicted molar refractivity (Wildman–Crippen MR) is 87.7 cm³/mol. The highest BCUT2D eigenvalue weighted by Gasteiger charge is 2.16. The summed E-state index contributed by atoms with van der Waals surface area (Å²) in [5.74, 6) is -1.88. The van der Waals surface area contributed by atoms with Crippen molar-refractivity contribution in [3.63, 3.8) is 0 Å². The fourth-order valence-corrected chi connectivity index (χ4v) is 2.43. The minimum atomic E-state index is -0.909. The van der Waals surface area contributed by atoms with Gasteiger partial charge in [-0.25, -0.2) is 8.78 Å². The standard InChI is InChI=1S/C18H15F2N3O/c1-11-5-3-4-6-13(11)16-10-17(23(2)22-16)21-18(24)14-8-7-12(19)9-15(14)20/h3-10H,1-2H3,(H,21,24). The molecule has 6 heteroatoms. The number of anilines is 1. The van der Waals surface area contributed by atoms with Gasteiger partial charge in [0.1, 0.15) is 17.5 Å². The number of rotatable bonds is 3. The molecule has 0 atom stereocenters. The Balaban J connectivity index is 1.88. The second-order valence-electron chi connectivity index (χ2n) is 5.43. The van der Waals surface area contributed by atoms with Crippen molar-refractivity contribution in [1.82, 2.24) is 9.78 Å². The molecular formula is C18H15F2N3O. The van der Waals surface area contributed by atoms with Crippen molar-refractivity contribution in [3.05, 3.63) is 71.3 Å². The van der Waals surface area contributed by atoms with Crippen LogP contribution in [0.25, 0.3) is 11.3 Å². The number of aromatic nitrogens is 2. The Morgan fingerprint density at radius 2 is 1.88 bits per heavy atom. The topological polar surface area (TPSA) is 46.9 Å². The molecule has 0 aliphatic heterocycles. The summed E-state index contributed by atoms with van der Waals surface area (Å²) in [5, 5.41) is 6.97. The summed E-state index contributed by atoms with van der Waals surface area (Å²) in [6.45, 7) is 1.97. The van der Waals surface area contributed by atoms with E-state index in [2.05, 4.69) is 10.4 Å². The Hall–Kier alpha value is -3.02. The molecule has 0 aliphatic rings. The number of hydrogen-bond donors (Lipinski definition) is 1. The molecule has 1 heterocycles. The van der Waals surface area contributed by atoms with Crippen molar-refractivity contribution < 1.29 is 13.6 Å². The van der Waals surface area contributed by atoms with Gasteiger partial charge in [-0.15, -0.1) is 0 Å². The molecule has 0 spiro atoms. The van der Waals surface area contributed by atoms with Crippen LogP contribution in [0.1, 0.15) is 15.9 Å². The summed E-state index contributed by atoms with van der Waals surface area (Å²) in [6.07, 6.45) is 0. The fraction of sp³-hybridized carbons (Fsp3) is 0.111. The number of carbonyl (C=O) groups is 1. The van der Waals surface area contributed by atoms with Crippen LogP contribution >= 0.6 is 0 Å². The lowest BCUT2D eigenvalue weighted by atomic mass is 10.1. The van der Waals surface area contributed by atoms with Crippen LogP contribution in [0.2, 0.25) is 0 Å². The zero-order valence-corrected chi connectivity index (χ0v) is 13.2. The van der Waals surface area contributed by atoms with E-state index >= 15 is 0 Å². The van der Waals surface area contributed by atoms with Crippen molar-refractivity contribution in [2.75, 3.05) is 5.32 Å². The third-order valence-corrected chi connectivity index (χ3v) is 3.72. The molecular weight excluding hydrogens is 312 g/mol. The second-order valence-corrected chi connectivity index (χ2v) is 5.43. The van der Waals surface area contributed by atoms with Gasteiger partial charge < -0.3 is 5.32 Å². The van der Waals surface area contributed by atoms with Gasteiger partial charge in [-0.3, -0.25) is 9.48 Å². The van der Waals surface area contributed by atoms with Crippen LogP contribution in [0.4, 0.5) is 14.6 Å². The SMILES string of the molecule is Cc1ccccc1-c1cc(NC(=O)c2ccc(F)cc2F)n(C)n1. The summed E-state index contributed by atoms with van der Waals surface area (Å²) in [7, 11) is 1.68. The molecule has 1 N–H and O–H groups in total. The van der Waals surface area contributed by atoms with E-state index in [0.29, 0.717) is 17.6 Å². The smallest absolute Gasteiger partial charge is 0.259 e. The average molecular weight is 327 g/mol. The third kappa shape index (κ3) is 3.03. The number of aryl methyl sites for hydroxylation is 2. The molecule has 4 nitrogen and oxygen atoms in total. The van der Waals surface area contributed by atoms with E-state index in [1.165, 1.54) is 4.68 Å². The second kappa shape index (κ2) is 6.23. The van der Waals surface area contributed by atoms with Gasteiger partial charge in [-0.05, 0) is 24.6 Å². The van der Waals surface area contributed by atoms with E-state index in [9.17, 15) is 13.6 Å². The molecule has 0 saturated carbocycles. The molecule has 122 valence electrons. The maximum absolute atomic E-state index is 13.7. The fourth-order valence-electron chi connectivity index (χ4n) is 2.43. The van der Waals surface area contributed by atoms with Crippen LogP contribution < -0.4 is 5.32 Å². The molecule has 0 bridgehead atoms. The first-order valence-electron chi connectivity index (χ1n) is 7.32. The molecule has 0 saturated heterocycles. The normalized spacial score (nSPS) is 10.7. The average Bonchev–Trinajstić information content (AvgIpc) is 2.88. The van der Waals surface area contributed by atoms with E-state index in [1.54, 1.807) is 13.1 Å². The van der Waals surface area contributed by atoms with Crippen LogP contribution in [-0.4, -0.2) is 15.7 Å². The van der Waals surface area contributed by atoms with Crippen molar-refractivity contribution in [1.29, 1.82) is 0 Å². The lowest BCUT2D eigenvalue weighted by Gasteiger charge is -2.05. The largest absolute Gasteiger partial charge is 0.307 e. The summed E-state index contributed by atoms with van der Waals surface area (Å²) in [5.41, 5.74) is 2.47.